The summed E-state index contributed by atoms with van der Waals surface area (Å²) in [6, 6.07) is 13.5. The molecule has 8 rings (SSSR count). The van der Waals surface area contributed by atoms with Crippen molar-refractivity contribution < 1.29 is 27.5 Å². The first-order valence-electron chi connectivity index (χ1n) is 19.0. The van der Waals surface area contributed by atoms with E-state index in [1.807, 2.05) is 46.8 Å². The van der Waals surface area contributed by atoms with Gasteiger partial charge in [-0.2, -0.15) is 5.10 Å². The molecule has 286 valence electrons. The second kappa shape index (κ2) is 14.8. The molecule has 2 amide bonds. The monoisotopic (exact) mass is 762 g/mol. The minimum Gasteiger partial charge on any atom is -0.497 e. The van der Waals surface area contributed by atoms with Gasteiger partial charge in [-0.1, -0.05) is 25.3 Å². The zero-order chi connectivity index (χ0) is 38.4. The van der Waals surface area contributed by atoms with E-state index in [0.29, 0.717) is 49.9 Å². The molecule has 1 aliphatic carbocycles. The lowest BCUT2D eigenvalue weighted by Gasteiger charge is -2.27. The van der Waals surface area contributed by atoms with Crippen LogP contribution in [0.4, 0.5) is 0 Å². The number of morpholine rings is 1. The number of nitrogens with one attached hydrogen (secondary N) is 1. The molecule has 3 aromatic heterocycles. The van der Waals surface area contributed by atoms with Crippen molar-refractivity contribution >= 4 is 44.4 Å². The molecule has 2 aromatic carbocycles. The van der Waals surface area contributed by atoms with Gasteiger partial charge < -0.3 is 18.9 Å². The highest BCUT2D eigenvalue weighted by molar-refractivity contribution is 7.90. The first kappa shape index (κ1) is 36.7. The molecule has 0 radical (unpaired) electrons. The molecule has 0 atom stereocenters. The smallest absolute Gasteiger partial charge is 0.264 e. The van der Waals surface area contributed by atoms with Crippen molar-refractivity contribution in [2.24, 2.45) is 0 Å². The summed E-state index contributed by atoms with van der Waals surface area (Å²) in [7, 11) is -2.21. The average Bonchev–Trinajstić information content (AvgIpc) is 3.72. The number of benzene rings is 2. The summed E-state index contributed by atoms with van der Waals surface area (Å²) in [5.74, 6) is 0.183. The molecular weight excluding hydrogens is 717 g/mol. The van der Waals surface area contributed by atoms with Gasteiger partial charge in [0.05, 0.1) is 61.0 Å². The number of amides is 2. The second-order valence-electron chi connectivity index (χ2n) is 14.9. The van der Waals surface area contributed by atoms with E-state index in [2.05, 4.69) is 26.4 Å². The number of aromatic nitrogens is 4. The summed E-state index contributed by atoms with van der Waals surface area (Å²) in [5.41, 5.74) is 8.93. The Kier molecular flexibility index (Phi) is 9.85. The van der Waals surface area contributed by atoms with E-state index in [9.17, 15) is 18.0 Å². The normalized spacial score (nSPS) is 16.4. The third-order valence-corrected chi connectivity index (χ3v) is 12.9. The summed E-state index contributed by atoms with van der Waals surface area (Å²) in [5, 5.41) is 5.12. The predicted octanol–water partition coefficient (Wildman–Crippen LogP) is 6.75. The van der Waals surface area contributed by atoms with Gasteiger partial charge in [0.1, 0.15) is 5.75 Å². The van der Waals surface area contributed by atoms with E-state index in [-0.39, 0.29) is 17.4 Å². The molecule has 13 heteroatoms. The molecule has 1 saturated carbocycles. The van der Waals surface area contributed by atoms with Crippen LogP contribution >= 0.6 is 0 Å². The minimum absolute atomic E-state index is 0.127. The third-order valence-electron chi connectivity index (χ3n) is 11.2. The van der Waals surface area contributed by atoms with Crippen molar-refractivity contribution in [3.63, 3.8) is 0 Å². The summed E-state index contributed by atoms with van der Waals surface area (Å²) < 4.78 is 43.3. The van der Waals surface area contributed by atoms with Crippen LogP contribution in [0.15, 0.2) is 61.1 Å². The number of rotatable bonds is 8. The lowest BCUT2D eigenvalue weighted by molar-refractivity contribution is 0.0302. The van der Waals surface area contributed by atoms with E-state index in [0.717, 1.165) is 70.2 Å². The molecule has 1 saturated heterocycles. The average molecular weight is 763 g/mol. The highest BCUT2D eigenvalue weighted by atomic mass is 32.2. The molecule has 0 bridgehead atoms. The Labute approximate surface area is 321 Å². The molecular formula is C42H46N6O6S. The fourth-order valence-corrected chi connectivity index (χ4v) is 8.88. The number of carbonyl (C=O) groups is 2. The largest absolute Gasteiger partial charge is 0.497 e. The van der Waals surface area contributed by atoms with Crippen molar-refractivity contribution in [1.82, 2.24) is 29.0 Å². The molecule has 5 heterocycles. The van der Waals surface area contributed by atoms with Crippen LogP contribution in [-0.2, 0) is 21.3 Å². The molecule has 0 unspecified atom stereocenters. The first-order valence-corrected chi connectivity index (χ1v) is 20.6. The van der Waals surface area contributed by atoms with Gasteiger partial charge in [-0.15, -0.1) is 0 Å². The minimum atomic E-state index is -3.86. The number of hydrogen-bond donors (Lipinski definition) is 1. The number of sulfonamides is 1. The lowest BCUT2D eigenvalue weighted by Crippen LogP contribution is -2.41. The molecule has 3 aliphatic rings. The van der Waals surface area contributed by atoms with Gasteiger partial charge >= 0.3 is 0 Å². The number of aryl methyl sites for hydroxylation is 1. The number of allylic oxidation sites excluding steroid dienone is 1. The predicted molar refractivity (Wildman–Crippen MR) is 212 cm³/mol. The second-order valence-corrected chi connectivity index (χ2v) is 17.2. The van der Waals surface area contributed by atoms with Gasteiger partial charge in [0.2, 0.25) is 10.0 Å². The number of fused-ring (bicyclic) bond motifs is 5. The number of ether oxygens (including phenoxy) is 2. The van der Waals surface area contributed by atoms with Crippen LogP contribution < -0.4 is 9.46 Å². The van der Waals surface area contributed by atoms with Gasteiger partial charge in [0.15, 0.2) is 0 Å². The Morgan fingerprint density at radius 2 is 1.76 bits per heavy atom. The fourth-order valence-electron chi connectivity index (χ4n) is 8.27. The maximum absolute atomic E-state index is 14.4. The van der Waals surface area contributed by atoms with Crippen LogP contribution in [0, 0.1) is 6.92 Å². The molecule has 2 aliphatic heterocycles. The van der Waals surface area contributed by atoms with Crippen LogP contribution in [0.5, 0.6) is 5.75 Å². The van der Waals surface area contributed by atoms with E-state index in [4.69, 9.17) is 14.6 Å². The lowest BCUT2D eigenvalue weighted by atomic mass is 9.81. The van der Waals surface area contributed by atoms with Gasteiger partial charge in [-0.05, 0) is 104 Å². The Morgan fingerprint density at radius 3 is 2.49 bits per heavy atom. The molecule has 55 heavy (non-hydrogen) atoms. The molecule has 0 spiro atoms. The van der Waals surface area contributed by atoms with Crippen LogP contribution in [0.25, 0.3) is 39.5 Å². The highest BCUT2D eigenvalue weighted by Crippen LogP contribution is 2.48. The summed E-state index contributed by atoms with van der Waals surface area (Å²) in [6.45, 7) is 7.27. The fraction of sp³-hybridized carbons (Fsp3) is 0.381. The third kappa shape index (κ3) is 6.73. The summed E-state index contributed by atoms with van der Waals surface area (Å²) in [6.07, 6.45) is 12.8. The number of methoxy groups -OCH3 is 1. The van der Waals surface area contributed by atoms with Gasteiger partial charge in [-0.3, -0.25) is 14.6 Å². The first-order chi connectivity index (χ1) is 26.6. The maximum atomic E-state index is 14.4. The Bertz CT molecular complexity index is 2450. The van der Waals surface area contributed by atoms with E-state index >= 15 is 0 Å². The van der Waals surface area contributed by atoms with Crippen LogP contribution in [0.2, 0.25) is 0 Å². The van der Waals surface area contributed by atoms with E-state index in [1.165, 1.54) is 12.0 Å². The van der Waals surface area contributed by atoms with Gasteiger partial charge in [-0.25, -0.2) is 17.8 Å². The molecule has 12 nitrogen and oxygen atoms in total. The molecule has 2 fully saturated rings. The van der Waals surface area contributed by atoms with Crippen molar-refractivity contribution in [1.29, 1.82) is 0 Å². The molecule has 5 aromatic rings. The zero-order valence-electron chi connectivity index (χ0n) is 31.7. The van der Waals surface area contributed by atoms with Gasteiger partial charge in [0, 0.05) is 47.5 Å². The number of nitrogens with zero attached hydrogens (tertiary/aromatic N) is 5. The van der Waals surface area contributed by atoms with Crippen LogP contribution in [0.1, 0.15) is 95.0 Å². The summed E-state index contributed by atoms with van der Waals surface area (Å²) in [4.78, 5) is 34.2. The Balaban J connectivity index is 1.39. The van der Waals surface area contributed by atoms with Crippen molar-refractivity contribution in [3.05, 3.63) is 94.6 Å². The van der Waals surface area contributed by atoms with Crippen LogP contribution in [-0.4, -0.2) is 83.1 Å². The standard InChI is InChI=1S/C42H46N6O6S/c1-26(2)55(51,52)45-41(49)29-10-12-34-37(22-29)47-25-31(20-30-21-32(53-4)11-13-33(30)40(47)38(34)28-8-6-5-7-9-28)39-35(42(50)46-16-18-54-19-17-46)24-44-48(39)36-14-15-43-23-27(36)3/h10-15,20-24,26,28H,5-9,16-19,25H2,1-4H3,(H,45,49). The van der Waals surface area contributed by atoms with E-state index in [1.54, 1.807) is 45.6 Å². The topological polar surface area (TPSA) is 138 Å². The van der Waals surface area contributed by atoms with E-state index < -0.39 is 21.2 Å². The maximum Gasteiger partial charge on any atom is 0.264 e. The van der Waals surface area contributed by atoms with Gasteiger partial charge in [0.25, 0.3) is 11.8 Å². The SMILES string of the molecule is COc1ccc2c(c1)C=C(c1c(C(=O)N3CCOCC3)cnn1-c1ccncc1C)Cn1c-2c(C2CCCCC2)c2ccc(C(=O)NS(=O)(=O)C(C)C)cc21. The van der Waals surface area contributed by atoms with Crippen LogP contribution in [0.3, 0.4) is 0 Å². The highest BCUT2D eigenvalue weighted by Gasteiger charge is 2.33. The zero-order valence-corrected chi connectivity index (χ0v) is 32.5. The quantitative estimate of drug-likeness (QED) is 0.183. The Hall–Kier alpha value is -5.27. The molecule has 1 N–H and O–H groups in total. The number of carbonyl (C=O) groups excluding carboxylic acids is 2. The van der Waals surface area contributed by atoms with Crippen molar-refractivity contribution in [2.45, 2.75) is 70.6 Å². The van der Waals surface area contributed by atoms with Crippen molar-refractivity contribution in [3.8, 4) is 22.7 Å². The Morgan fingerprint density at radius 1 is 0.982 bits per heavy atom. The summed E-state index contributed by atoms with van der Waals surface area (Å²) >= 11 is 0. The number of pyridine rings is 1. The van der Waals surface area contributed by atoms with Crippen molar-refractivity contribution in [2.75, 3.05) is 33.4 Å². The number of hydrogen-bond acceptors (Lipinski definition) is 8.